The van der Waals surface area contributed by atoms with Crippen molar-refractivity contribution in [1.29, 1.82) is 0 Å². The summed E-state index contributed by atoms with van der Waals surface area (Å²) in [5, 5.41) is 0.807. The summed E-state index contributed by atoms with van der Waals surface area (Å²) in [6.45, 7) is 0. The molecule has 0 atom stereocenters. The van der Waals surface area contributed by atoms with E-state index in [1.165, 1.54) is 0 Å². The highest BCUT2D eigenvalue weighted by Gasteiger charge is 1.92. The van der Waals surface area contributed by atoms with Crippen molar-refractivity contribution in [1.82, 2.24) is 0 Å². The van der Waals surface area contributed by atoms with Gasteiger partial charge in [0.05, 0.1) is 5.02 Å². The first-order valence-electron chi connectivity index (χ1n) is 2.54. The van der Waals surface area contributed by atoms with E-state index >= 15 is 0 Å². The summed E-state index contributed by atoms with van der Waals surface area (Å²) < 4.78 is 0. The summed E-state index contributed by atoms with van der Waals surface area (Å²) in [6, 6.07) is 8.48. The van der Waals surface area contributed by atoms with E-state index in [9.17, 15) is 0 Å². The number of thioether (sulfide) groups is 1. The van der Waals surface area contributed by atoms with E-state index in [1.54, 1.807) is 11.8 Å². The largest absolute Gasteiger partial charge is 0.128 e. The average Bonchev–Trinajstić information content (AvgIpc) is 1.89. The van der Waals surface area contributed by atoms with Crippen molar-refractivity contribution in [3.05, 3.63) is 29.3 Å². The fraction of sp³-hybridized carbons (Fsp3) is 0.143. The molecule has 1 aromatic rings. The van der Waals surface area contributed by atoms with Crippen molar-refractivity contribution < 1.29 is 0 Å². The zero-order valence-corrected chi connectivity index (χ0v) is 6.59. The zero-order chi connectivity index (χ0) is 6.69. The lowest BCUT2D eigenvalue weighted by molar-refractivity contribution is 1.46. The third-order valence-electron chi connectivity index (χ3n) is 0.996. The molecule has 0 amide bonds. The molecule has 1 aromatic carbocycles. The Bertz CT molecular complexity index is 198. The third-order valence-corrected chi connectivity index (χ3v) is 2.21. The molecule has 0 aliphatic heterocycles. The van der Waals surface area contributed by atoms with Crippen LogP contribution in [-0.2, 0) is 0 Å². The van der Waals surface area contributed by atoms with Gasteiger partial charge in [0, 0.05) is 4.90 Å². The molecule has 9 heavy (non-hydrogen) atoms. The Balaban J connectivity index is 3.01. The van der Waals surface area contributed by atoms with Gasteiger partial charge < -0.3 is 0 Å². The third kappa shape index (κ3) is 1.63. The normalized spacial score (nSPS) is 9.56. The van der Waals surface area contributed by atoms with Crippen LogP contribution in [-0.4, -0.2) is 6.26 Å². The van der Waals surface area contributed by atoms with Gasteiger partial charge in [-0.25, -0.2) is 0 Å². The SMILES string of the molecule is CSc1c[c]ccc1Cl. The minimum Gasteiger partial charge on any atom is -0.128 e. The highest BCUT2D eigenvalue weighted by Crippen LogP contribution is 2.23. The van der Waals surface area contributed by atoms with Crippen molar-refractivity contribution >= 4 is 23.4 Å². The van der Waals surface area contributed by atoms with Crippen LogP contribution in [0.25, 0.3) is 0 Å². The van der Waals surface area contributed by atoms with Gasteiger partial charge in [0.2, 0.25) is 0 Å². The first-order chi connectivity index (χ1) is 4.34. The number of benzene rings is 1. The number of hydrogen-bond acceptors (Lipinski definition) is 1. The van der Waals surface area contributed by atoms with Gasteiger partial charge in [-0.05, 0) is 24.5 Å². The van der Waals surface area contributed by atoms with Gasteiger partial charge >= 0.3 is 0 Å². The van der Waals surface area contributed by atoms with Crippen molar-refractivity contribution in [3.8, 4) is 0 Å². The van der Waals surface area contributed by atoms with E-state index < -0.39 is 0 Å². The molecule has 0 N–H and O–H groups in total. The molecule has 0 unspecified atom stereocenters. The molecule has 1 radical (unpaired) electrons. The van der Waals surface area contributed by atoms with Gasteiger partial charge in [-0.3, -0.25) is 0 Å². The smallest absolute Gasteiger partial charge is 0.0542 e. The maximum absolute atomic E-state index is 5.78. The monoisotopic (exact) mass is 157 g/mol. The standard InChI is InChI=1S/C7H6ClS/c1-9-7-5-3-2-4-6(7)8/h2,4-5H,1H3. The summed E-state index contributed by atoms with van der Waals surface area (Å²) in [7, 11) is 0. The molecule has 0 spiro atoms. The van der Waals surface area contributed by atoms with E-state index in [0.29, 0.717) is 0 Å². The Kier molecular flexibility index (Phi) is 2.43. The van der Waals surface area contributed by atoms with Gasteiger partial charge in [-0.2, -0.15) is 0 Å². The summed E-state index contributed by atoms with van der Waals surface area (Å²) in [5.74, 6) is 0. The quantitative estimate of drug-likeness (QED) is 0.565. The Morgan fingerprint density at radius 3 is 2.89 bits per heavy atom. The van der Waals surface area contributed by atoms with Crippen LogP contribution in [0.3, 0.4) is 0 Å². The van der Waals surface area contributed by atoms with Crippen molar-refractivity contribution in [3.63, 3.8) is 0 Å². The maximum Gasteiger partial charge on any atom is 0.0542 e. The van der Waals surface area contributed by atoms with E-state index in [4.69, 9.17) is 11.6 Å². The molecule has 0 bridgehead atoms. The molecule has 0 aromatic heterocycles. The summed E-state index contributed by atoms with van der Waals surface area (Å²) in [5.41, 5.74) is 0. The van der Waals surface area contributed by atoms with Crippen LogP contribution < -0.4 is 0 Å². The number of halogens is 1. The minimum atomic E-state index is 0.807. The highest BCUT2D eigenvalue weighted by molar-refractivity contribution is 7.98. The lowest BCUT2D eigenvalue weighted by Gasteiger charge is -1.95. The average molecular weight is 158 g/mol. The molecule has 0 aliphatic carbocycles. The van der Waals surface area contributed by atoms with Crippen LogP contribution >= 0.6 is 23.4 Å². The minimum absolute atomic E-state index is 0.807. The molecular weight excluding hydrogens is 152 g/mol. The van der Waals surface area contributed by atoms with E-state index in [0.717, 1.165) is 9.92 Å². The second-order valence-electron chi connectivity index (χ2n) is 1.56. The first kappa shape index (κ1) is 6.97. The Morgan fingerprint density at radius 1 is 1.67 bits per heavy atom. The topological polar surface area (TPSA) is 0 Å². The molecule has 0 saturated carbocycles. The van der Waals surface area contributed by atoms with Crippen LogP contribution in [0.4, 0.5) is 0 Å². The van der Waals surface area contributed by atoms with E-state index in [1.807, 2.05) is 24.5 Å². The summed E-state index contributed by atoms with van der Waals surface area (Å²) in [4.78, 5) is 1.08. The fourth-order valence-electron chi connectivity index (χ4n) is 0.553. The first-order valence-corrected chi connectivity index (χ1v) is 4.14. The van der Waals surface area contributed by atoms with Gasteiger partial charge in [-0.1, -0.05) is 17.7 Å². The number of rotatable bonds is 1. The molecule has 0 nitrogen and oxygen atoms in total. The van der Waals surface area contributed by atoms with Crippen LogP contribution in [0.2, 0.25) is 5.02 Å². The molecule has 0 fully saturated rings. The van der Waals surface area contributed by atoms with Gasteiger partial charge in [0.15, 0.2) is 0 Å². The lowest BCUT2D eigenvalue weighted by atomic mass is 10.4. The van der Waals surface area contributed by atoms with Crippen LogP contribution in [0, 0.1) is 6.07 Å². The Labute approximate surface area is 64.2 Å². The van der Waals surface area contributed by atoms with Gasteiger partial charge in [0.1, 0.15) is 0 Å². The second kappa shape index (κ2) is 3.14. The predicted molar refractivity (Wildman–Crippen MR) is 42.1 cm³/mol. The van der Waals surface area contributed by atoms with Crippen molar-refractivity contribution in [2.75, 3.05) is 6.26 Å². The molecule has 0 aliphatic rings. The fourth-order valence-corrected chi connectivity index (χ4v) is 1.35. The zero-order valence-electron chi connectivity index (χ0n) is 5.02. The van der Waals surface area contributed by atoms with E-state index in [2.05, 4.69) is 6.07 Å². The molecule has 1 rings (SSSR count). The Hall–Kier alpha value is -0.140. The molecule has 0 heterocycles. The van der Waals surface area contributed by atoms with Crippen LogP contribution in [0.15, 0.2) is 23.1 Å². The second-order valence-corrected chi connectivity index (χ2v) is 2.82. The van der Waals surface area contributed by atoms with Crippen LogP contribution in [0.5, 0.6) is 0 Å². The van der Waals surface area contributed by atoms with Crippen molar-refractivity contribution in [2.45, 2.75) is 4.90 Å². The summed E-state index contributed by atoms with van der Waals surface area (Å²) >= 11 is 7.42. The van der Waals surface area contributed by atoms with Crippen molar-refractivity contribution in [2.24, 2.45) is 0 Å². The maximum atomic E-state index is 5.78. The van der Waals surface area contributed by atoms with Crippen LogP contribution in [0.1, 0.15) is 0 Å². The molecular formula is C7H6ClS. The lowest BCUT2D eigenvalue weighted by Crippen LogP contribution is -1.69. The molecule has 47 valence electrons. The molecule has 0 saturated heterocycles. The highest BCUT2D eigenvalue weighted by atomic mass is 35.5. The van der Waals surface area contributed by atoms with Gasteiger partial charge in [-0.15, -0.1) is 11.8 Å². The van der Waals surface area contributed by atoms with Gasteiger partial charge in [0.25, 0.3) is 0 Å². The molecule has 2 heteroatoms. The predicted octanol–water partition coefficient (Wildman–Crippen LogP) is 2.86. The number of hydrogen-bond donors (Lipinski definition) is 0. The van der Waals surface area contributed by atoms with E-state index in [-0.39, 0.29) is 0 Å². The summed E-state index contributed by atoms with van der Waals surface area (Å²) in [6.07, 6.45) is 2.00. The Morgan fingerprint density at radius 2 is 2.44 bits per heavy atom.